The van der Waals surface area contributed by atoms with E-state index in [-0.39, 0.29) is 65.6 Å². The van der Waals surface area contributed by atoms with E-state index in [2.05, 4.69) is 104 Å². The van der Waals surface area contributed by atoms with Crippen LogP contribution in [0.4, 0.5) is 23.3 Å². The predicted molar refractivity (Wildman–Crippen MR) is 512 cm³/mol. The van der Waals surface area contributed by atoms with Gasteiger partial charge in [-0.3, -0.25) is 0 Å². The van der Waals surface area contributed by atoms with Crippen molar-refractivity contribution in [2.24, 2.45) is 0 Å². The number of methoxy groups -OCH3 is 6. The number of aryl methyl sites for hydroxylation is 2. The van der Waals surface area contributed by atoms with Crippen molar-refractivity contribution in [3.05, 3.63) is 326 Å². The maximum Gasteiger partial charge on any atom is 0.338 e. The molecule has 28 heteroatoms. The Balaban J connectivity index is 0.000000150. The fourth-order valence-corrected chi connectivity index (χ4v) is 13.4. The van der Waals surface area contributed by atoms with Crippen LogP contribution in [0.25, 0.3) is 125 Å². The molecule has 7 N–H and O–H groups in total. The molecule has 0 fully saturated rings. The minimum atomic E-state index is -0.453. The van der Waals surface area contributed by atoms with E-state index in [1.54, 1.807) is 130 Å². The average molecular weight is 1780 g/mol. The summed E-state index contributed by atoms with van der Waals surface area (Å²) in [5, 5.41) is 58.9. The lowest BCUT2D eigenvalue weighted by molar-refractivity contribution is 0.0525. The molecular weight excluding hydrogens is 1680 g/mol. The summed E-state index contributed by atoms with van der Waals surface area (Å²) in [5.74, 6) is 6.69. The molecule has 0 bridgehead atoms. The van der Waals surface area contributed by atoms with E-state index in [4.69, 9.17) is 43.1 Å². The number of nitrogens with zero attached hydrogens (tertiary/aromatic N) is 12. The molecule has 28 nitrogen and oxygen atoms in total. The molecule has 0 radical (unpaired) electrons. The van der Waals surface area contributed by atoms with E-state index in [0.717, 1.165) is 68.8 Å². The second kappa shape index (κ2) is 44.2. The van der Waals surface area contributed by atoms with E-state index < -0.39 is 5.97 Å². The normalized spacial score (nSPS) is 10.5. The van der Waals surface area contributed by atoms with Gasteiger partial charge in [0.05, 0.1) is 88.2 Å². The number of ether oxygens (including phenoxy) is 7. The molecule has 0 saturated heterocycles. The van der Waals surface area contributed by atoms with Crippen molar-refractivity contribution in [3.63, 3.8) is 0 Å². The van der Waals surface area contributed by atoms with E-state index >= 15 is 0 Å². The highest BCUT2D eigenvalue weighted by Crippen LogP contribution is 2.40. The number of aromatic hydroxyl groups is 5. The molecule has 4 heterocycles. The van der Waals surface area contributed by atoms with Crippen LogP contribution in [-0.2, 0) is 22.3 Å². The molecule has 0 aliphatic carbocycles. The smallest absolute Gasteiger partial charge is 0.338 e. The van der Waals surface area contributed by atoms with Gasteiger partial charge in [0.1, 0.15) is 57.5 Å². The molecule has 668 valence electrons. The number of aromatic nitrogens is 12. The fraction of sp³-hybridized carbons (Fsp3) is 0.124. The molecule has 17 rings (SSSR count). The molecule has 0 amide bonds. The average Bonchev–Trinajstić information content (AvgIpc) is 0.785. The number of anilines is 4. The topological polar surface area (TPSA) is 379 Å². The van der Waals surface area contributed by atoms with Crippen molar-refractivity contribution in [3.8, 4) is 183 Å². The summed E-state index contributed by atoms with van der Waals surface area (Å²) in [5.41, 5.74) is 13.2. The third-order valence-electron chi connectivity index (χ3n) is 20.5. The van der Waals surface area contributed by atoms with Crippen molar-refractivity contribution in [1.82, 2.24) is 59.8 Å². The minimum Gasteiger partial charge on any atom is -0.507 e. The first-order valence-corrected chi connectivity index (χ1v) is 41.7. The number of rotatable bonds is 25. The molecule has 0 atom stereocenters. The predicted octanol–water partition coefficient (Wildman–Crippen LogP) is 21.6. The van der Waals surface area contributed by atoms with Gasteiger partial charge in [-0.15, -0.1) is 0 Å². The summed E-state index contributed by atoms with van der Waals surface area (Å²) in [4.78, 5) is 78.8. The lowest BCUT2D eigenvalue weighted by atomic mass is 10.0. The van der Waals surface area contributed by atoms with Gasteiger partial charge < -0.3 is 69.3 Å². The van der Waals surface area contributed by atoms with Crippen LogP contribution in [0.15, 0.2) is 303 Å². The number of para-hydroxylation sites is 1. The zero-order valence-electron chi connectivity index (χ0n) is 73.3. The summed E-state index contributed by atoms with van der Waals surface area (Å²) >= 11 is 0. The number of carbonyl (C=O) groups excluding carboxylic acids is 2. The van der Waals surface area contributed by atoms with Crippen LogP contribution in [0.1, 0.15) is 60.0 Å². The molecule has 4 aromatic heterocycles. The van der Waals surface area contributed by atoms with Crippen LogP contribution >= 0.6 is 0 Å². The lowest BCUT2D eigenvalue weighted by Crippen LogP contribution is -2.05. The van der Waals surface area contributed by atoms with Crippen LogP contribution in [-0.4, -0.2) is 147 Å². The van der Waals surface area contributed by atoms with Crippen molar-refractivity contribution in [2.75, 3.05) is 59.9 Å². The van der Waals surface area contributed by atoms with Crippen LogP contribution in [0.3, 0.4) is 0 Å². The van der Waals surface area contributed by atoms with Gasteiger partial charge in [0, 0.05) is 57.4 Å². The fourth-order valence-electron chi connectivity index (χ4n) is 13.4. The molecular formula is C105H94N14O14. The second-order valence-electron chi connectivity index (χ2n) is 29.0. The number of esters is 2. The van der Waals surface area contributed by atoms with Crippen molar-refractivity contribution in [2.45, 2.75) is 41.0 Å². The third kappa shape index (κ3) is 23.4. The monoisotopic (exact) mass is 1770 g/mol. The highest BCUT2D eigenvalue weighted by Gasteiger charge is 2.23. The van der Waals surface area contributed by atoms with Crippen molar-refractivity contribution < 1.29 is 68.3 Å². The van der Waals surface area contributed by atoms with Gasteiger partial charge in [0.2, 0.25) is 11.9 Å². The number of phenols is 5. The Labute approximate surface area is 768 Å². The van der Waals surface area contributed by atoms with E-state index in [0.29, 0.717) is 121 Å². The first-order chi connectivity index (χ1) is 64.3. The number of phenolic OH excluding ortho intramolecular Hbond substituents is 5. The summed E-state index contributed by atoms with van der Waals surface area (Å²) < 4.78 is 35.7. The largest absolute Gasteiger partial charge is 0.507 e. The molecule has 0 spiro atoms. The van der Waals surface area contributed by atoms with E-state index in [9.17, 15) is 35.1 Å². The molecule has 133 heavy (non-hydrogen) atoms. The molecule has 0 aliphatic heterocycles. The Morgan fingerprint density at radius 3 is 0.910 bits per heavy atom. The number of hydrogen-bond acceptors (Lipinski definition) is 28. The number of hydrogen-bond donors (Lipinski definition) is 7. The minimum absolute atomic E-state index is 0. The highest BCUT2D eigenvalue weighted by atomic mass is 16.5. The number of carbonyl (C=O) groups is 2. The van der Waals surface area contributed by atoms with Crippen LogP contribution in [0.5, 0.6) is 57.5 Å². The van der Waals surface area contributed by atoms with Gasteiger partial charge >= 0.3 is 11.9 Å². The summed E-state index contributed by atoms with van der Waals surface area (Å²) in [6, 6.07) is 91.7. The van der Waals surface area contributed by atoms with Gasteiger partial charge in [0.25, 0.3) is 0 Å². The molecule has 0 unspecified atom stereocenters. The summed E-state index contributed by atoms with van der Waals surface area (Å²) in [6.07, 6.45) is 1.76. The lowest BCUT2D eigenvalue weighted by Gasteiger charge is -2.12. The Kier molecular flexibility index (Phi) is 31.0. The number of benzene rings is 13. The van der Waals surface area contributed by atoms with Crippen molar-refractivity contribution >= 4 is 35.2 Å². The van der Waals surface area contributed by atoms with Gasteiger partial charge in [0.15, 0.2) is 58.2 Å². The quantitative estimate of drug-likeness (QED) is 0.0261. The molecule has 17 aromatic rings. The summed E-state index contributed by atoms with van der Waals surface area (Å²) in [7, 11) is 9.06. The second-order valence-corrected chi connectivity index (χ2v) is 29.0. The standard InChI is InChI=1S/C27H26N4O3.C27H19N3O.C25H22N4O6.C25H23N3O4.CH4/c1-4-18-6-8-19(9-7-18)24-29-25(20-12-16-23(33-3)17-13-20)31-27(30-24)28-22-14-10-21(11-15-22)26(32)34-5-2;31-24-14-8-7-13-23(24)27-29-25(21-11-5-2-6-12-21)28-26(30-27)22-17-15-20(16-18-22)19-9-3-1-4-10-19;1-33-16-8-10-18(20(30)12-16)22-27-23(19-11-9-17(34-2)13-21(19)31)29-25(28-22)26-15-6-4-14(5-7-15)24(32)35-3;1-4-15-5-11-19(21(29)13-15)24-26-23(16-6-8-17(31-2)9-7-16)27-25(28-24)20-12-10-18(32-3)14-22(20)30;/h6-17H,4-5H2,1-3H3,(H,28,29,30,31);1-18,31H;4-13,30-31H,1-3H3,(H,26,27,28,29);5-14,29-30H,4H2,1-3H3;1H4. The van der Waals surface area contributed by atoms with Crippen LogP contribution in [0, 0.1) is 0 Å². The van der Waals surface area contributed by atoms with Gasteiger partial charge in [-0.05, 0) is 200 Å². The zero-order valence-corrected chi connectivity index (χ0v) is 73.3. The molecule has 13 aromatic carbocycles. The maximum absolute atomic E-state index is 11.9. The SMILES string of the molecule is C.CCOC(=O)c1ccc(Nc2nc(-c3ccc(CC)cc3)nc(-c3ccc(OC)cc3)n2)cc1.CCc1ccc(-c2nc(-c3ccc(OC)cc3)nc(-c3ccc(OC)cc3O)n2)c(O)c1.COC(=O)c1ccc(Nc2nc(-c3ccc(OC)cc3O)nc(-c3ccc(OC)cc3O)n2)cc1.Oc1ccccc1-c1nc(-c2ccccc2)nc(-c2ccc(-c3ccccc3)cc2)n1. The molecule has 0 aliphatic rings. The Hall–Kier alpha value is -17.6. The van der Waals surface area contributed by atoms with Gasteiger partial charge in [-0.2, -0.15) is 19.9 Å². The first kappa shape index (κ1) is 93.1. The van der Waals surface area contributed by atoms with E-state index in [1.165, 1.54) is 52.2 Å². The number of nitrogens with one attached hydrogen (secondary N) is 2. The highest BCUT2D eigenvalue weighted by molar-refractivity contribution is 5.91. The maximum atomic E-state index is 11.9. The first-order valence-electron chi connectivity index (χ1n) is 41.7. The zero-order chi connectivity index (χ0) is 92.6. The summed E-state index contributed by atoms with van der Waals surface area (Å²) in [6.45, 7) is 6.25. The van der Waals surface area contributed by atoms with Gasteiger partial charge in [-0.25, -0.2) is 49.5 Å². The van der Waals surface area contributed by atoms with Crippen LogP contribution in [0.2, 0.25) is 0 Å². The molecule has 0 saturated carbocycles. The Morgan fingerprint density at radius 1 is 0.263 bits per heavy atom. The third-order valence-corrected chi connectivity index (χ3v) is 20.5. The Morgan fingerprint density at radius 2 is 0.541 bits per heavy atom. The van der Waals surface area contributed by atoms with Crippen molar-refractivity contribution in [1.29, 1.82) is 0 Å². The van der Waals surface area contributed by atoms with E-state index in [1.807, 2.05) is 146 Å². The van der Waals surface area contributed by atoms with Crippen LogP contribution < -0.4 is 34.3 Å². The van der Waals surface area contributed by atoms with Gasteiger partial charge in [-0.1, -0.05) is 149 Å². The Bertz CT molecular complexity index is 6650.